The predicted molar refractivity (Wildman–Crippen MR) is 42.0 cm³/mol. The molecule has 0 spiro atoms. The van der Waals surface area contributed by atoms with Gasteiger partial charge in [0, 0.05) is 0 Å². The summed E-state index contributed by atoms with van der Waals surface area (Å²) in [4.78, 5) is 0. The minimum Gasteiger partial charge on any atom is -0.390 e. The zero-order valence-electron chi connectivity index (χ0n) is 6.48. The lowest BCUT2D eigenvalue weighted by molar-refractivity contribution is 0.0194. The van der Waals surface area contributed by atoms with E-state index >= 15 is 0 Å². The summed E-state index contributed by atoms with van der Waals surface area (Å²) >= 11 is 0. The van der Waals surface area contributed by atoms with Crippen molar-refractivity contribution in [1.29, 1.82) is 0 Å². The molecule has 62 valence electrons. The zero-order chi connectivity index (χ0) is 7.84. The maximum atomic E-state index is 9.51. The molecule has 2 N–H and O–H groups in total. The molecule has 4 unspecified atom stereocenters. The number of rotatable bonds is 0. The number of aliphatic hydroxyl groups excluding tert-OH is 2. The monoisotopic (exact) mass is 154 g/mol. The summed E-state index contributed by atoms with van der Waals surface area (Å²) in [6.45, 7) is 0. The standard InChI is InChI=1S/C9H14O2/c10-8-5-6-3-1-2-4-7(6)9(8)11/h1-2,6-11H,3-5H2. The number of hydrogen-bond acceptors (Lipinski definition) is 2. The molecule has 0 aromatic heterocycles. The van der Waals surface area contributed by atoms with Crippen molar-refractivity contribution in [1.82, 2.24) is 0 Å². The van der Waals surface area contributed by atoms with Gasteiger partial charge in [-0.25, -0.2) is 0 Å². The SMILES string of the molecule is OC1CC2CC=CCC2C1O. The molecule has 11 heavy (non-hydrogen) atoms. The molecule has 2 aliphatic rings. The van der Waals surface area contributed by atoms with Crippen LogP contribution in [0.1, 0.15) is 19.3 Å². The van der Waals surface area contributed by atoms with Crippen molar-refractivity contribution in [2.24, 2.45) is 11.8 Å². The molecule has 0 amide bonds. The summed E-state index contributed by atoms with van der Waals surface area (Å²) in [7, 11) is 0. The summed E-state index contributed by atoms with van der Waals surface area (Å²) in [6, 6.07) is 0. The van der Waals surface area contributed by atoms with E-state index in [-0.39, 0.29) is 0 Å². The molecule has 2 rings (SSSR count). The van der Waals surface area contributed by atoms with E-state index in [1.165, 1.54) is 0 Å². The van der Waals surface area contributed by atoms with Crippen LogP contribution in [0.25, 0.3) is 0 Å². The summed E-state index contributed by atoms with van der Waals surface area (Å²) in [6.07, 6.45) is 6.11. The smallest absolute Gasteiger partial charge is 0.0833 e. The Kier molecular flexibility index (Phi) is 1.74. The van der Waals surface area contributed by atoms with E-state index in [2.05, 4.69) is 12.2 Å². The first-order chi connectivity index (χ1) is 5.29. The van der Waals surface area contributed by atoms with Crippen LogP contribution in [0.5, 0.6) is 0 Å². The minimum atomic E-state index is -0.468. The van der Waals surface area contributed by atoms with E-state index in [4.69, 9.17) is 0 Å². The van der Waals surface area contributed by atoms with Crippen molar-refractivity contribution in [3.63, 3.8) is 0 Å². The van der Waals surface area contributed by atoms with E-state index in [0.29, 0.717) is 11.8 Å². The molecular weight excluding hydrogens is 140 g/mol. The van der Waals surface area contributed by atoms with Gasteiger partial charge in [-0.2, -0.15) is 0 Å². The quantitative estimate of drug-likeness (QED) is 0.504. The van der Waals surface area contributed by atoms with E-state index < -0.39 is 12.2 Å². The highest BCUT2D eigenvalue weighted by Crippen LogP contribution is 2.39. The van der Waals surface area contributed by atoms with Gasteiger partial charge in [0.15, 0.2) is 0 Å². The molecule has 2 heteroatoms. The Bertz CT molecular complexity index is 176. The number of hydrogen-bond donors (Lipinski definition) is 2. The average Bonchev–Trinajstić information content (AvgIpc) is 2.30. The van der Waals surface area contributed by atoms with Gasteiger partial charge < -0.3 is 10.2 Å². The lowest BCUT2D eigenvalue weighted by atomic mass is 9.85. The fourth-order valence-corrected chi connectivity index (χ4v) is 2.32. The molecule has 0 aliphatic heterocycles. The predicted octanol–water partition coefficient (Wildman–Crippen LogP) is 0.694. The molecule has 1 fully saturated rings. The molecule has 0 aromatic carbocycles. The van der Waals surface area contributed by atoms with Crippen molar-refractivity contribution in [3.05, 3.63) is 12.2 Å². The van der Waals surface area contributed by atoms with Crippen LogP contribution in [0.15, 0.2) is 12.2 Å². The molecule has 4 atom stereocenters. The third-order valence-corrected chi connectivity index (χ3v) is 3.00. The van der Waals surface area contributed by atoms with Crippen LogP contribution in [0, 0.1) is 11.8 Å². The van der Waals surface area contributed by atoms with Crippen LogP contribution >= 0.6 is 0 Å². The van der Waals surface area contributed by atoms with Crippen molar-refractivity contribution in [2.45, 2.75) is 31.5 Å². The second-order valence-corrected chi connectivity index (χ2v) is 3.66. The molecule has 0 saturated heterocycles. The van der Waals surface area contributed by atoms with Gasteiger partial charge in [-0.3, -0.25) is 0 Å². The largest absolute Gasteiger partial charge is 0.390 e. The molecular formula is C9H14O2. The van der Waals surface area contributed by atoms with Gasteiger partial charge in [-0.15, -0.1) is 0 Å². The van der Waals surface area contributed by atoms with E-state index in [1.54, 1.807) is 0 Å². The second kappa shape index (κ2) is 2.61. The van der Waals surface area contributed by atoms with Gasteiger partial charge >= 0.3 is 0 Å². The van der Waals surface area contributed by atoms with Crippen LogP contribution < -0.4 is 0 Å². The maximum absolute atomic E-state index is 9.51. The van der Waals surface area contributed by atoms with Gasteiger partial charge in [-0.05, 0) is 31.1 Å². The van der Waals surface area contributed by atoms with Crippen molar-refractivity contribution in [3.8, 4) is 0 Å². The van der Waals surface area contributed by atoms with Crippen molar-refractivity contribution in [2.75, 3.05) is 0 Å². The first-order valence-corrected chi connectivity index (χ1v) is 4.30. The molecule has 2 nitrogen and oxygen atoms in total. The van der Waals surface area contributed by atoms with Crippen LogP contribution in [0.3, 0.4) is 0 Å². The normalized spacial score (nSPS) is 49.3. The third kappa shape index (κ3) is 1.10. The summed E-state index contributed by atoms with van der Waals surface area (Å²) in [5.74, 6) is 0.861. The fourth-order valence-electron chi connectivity index (χ4n) is 2.32. The van der Waals surface area contributed by atoms with Gasteiger partial charge in [0.05, 0.1) is 12.2 Å². The van der Waals surface area contributed by atoms with Gasteiger partial charge in [0.2, 0.25) is 0 Å². The van der Waals surface area contributed by atoms with Crippen LogP contribution in [0.4, 0.5) is 0 Å². The number of allylic oxidation sites excluding steroid dienone is 2. The van der Waals surface area contributed by atoms with Crippen molar-refractivity contribution >= 4 is 0 Å². The Morgan fingerprint density at radius 2 is 1.82 bits per heavy atom. The Hall–Kier alpha value is -0.340. The highest BCUT2D eigenvalue weighted by molar-refractivity contribution is 5.02. The lowest BCUT2D eigenvalue weighted by Gasteiger charge is -2.22. The van der Waals surface area contributed by atoms with Gasteiger partial charge in [0.1, 0.15) is 0 Å². The summed E-state index contributed by atoms with van der Waals surface area (Å²) < 4.78 is 0. The molecule has 2 aliphatic carbocycles. The van der Waals surface area contributed by atoms with Gasteiger partial charge in [-0.1, -0.05) is 12.2 Å². The minimum absolute atomic E-state index is 0.329. The molecule has 0 bridgehead atoms. The van der Waals surface area contributed by atoms with Crippen LogP contribution in [-0.4, -0.2) is 22.4 Å². The number of fused-ring (bicyclic) bond motifs is 1. The maximum Gasteiger partial charge on any atom is 0.0833 e. The third-order valence-electron chi connectivity index (χ3n) is 3.00. The average molecular weight is 154 g/mol. The fraction of sp³-hybridized carbons (Fsp3) is 0.778. The van der Waals surface area contributed by atoms with E-state index in [1.807, 2.05) is 0 Å². The highest BCUT2D eigenvalue weighted by Gasteiger charge is 2.40. The molecule has 1 saturated carbocycles. The zero-order valence-corrected chi connectivity index (χ0v) is 6.48. The Morgan fingerprint density at radius 3 is 2.55 bits per heavy atom. The molecule has 0 radical (unpaired) electrons. The first kappa shape index (κ1) is 7.32. The summed E-state index contributed by atoms with van der Waals surface area (Å²) in [5.41, 5.74) is 0. The number of aliphatic hydroxyl groups is 2. The Morgan fingerprint density at radius 1 is 1.09 bits per heavy atom. The molecule has 0 heterocycles. The second-order valence-electron chi connectivity index (χ2n) is 3.66. The van der Waals surface area contributed by atoms with Crippen LogP contribution in [-0.2, 0) is 0 Å². The van der Waals surface area contributed by atoms with Gasteiger partial charge in [0.25, 0.3) is 0 Å². The van der Waals surface area contributed by atoms with E-state index in [9.17, 15) is 10.2 Å². The topological polar surface area (TPSA) is 40.5 Å². The lowest BCUT2D eigenvalue weighted by Crippen LogP contribution is -2.26. The highest BCUT2D eigenvalue weighted by atomic mass is 16.3. The van der Waals surface area contributed by atoms with E-state index in [0.717, 1.165) is 19.3 Å². The van der Waals surface area contributed by atoms with Crippen LogP contribution in [0.2, 0.25) is 0 Å². The summed E-state index contributed by atoms with van der Waals surface area (Å²) in [5, 5.41) is 18.9. The Labute approximate surface area is 66.5 Å². The van der Waals surface area contributed by atoms with Crippen molar-refractivity contribution < 1.29 is 10.2 Å². The molecule has 0 aromatic rings. The first-order valence-electron chi connectivity index (χ1n) is 4.30. The Balaban J connectivity index is 2.12.